The van der Waals surface area contributed by atoms with Crippen molar-refractivity contribution in [1.29, 1.82) is 0 Å². The van der Waals surface area contributed by atoms with E-state index in [2.05, 4.69) is 5.32 Å². The molecule has 1 aliphatic rings. The van der Waals surface area contributed by atoms with E-state index < -0.39 is 21.8 Å². The summed E-state index contributed by atoms with van der Waals surface area (Å²) in [6, 6.07) is 3.26. The molecule has 0 atom stereocenters. The first-order chi connectivity index (χ1) is 10.3. The Morgan fingerprint density at radius 2 is 2.09 bits per heavy atom. The molecule has 0 spiro atoms. The number of nitrogens with zero attached hydrogens (tertiary/aromatic N) is 2. The van der Waals surface area contributed by atoms with E-state index in [1.807, 2.05) is 0 Å². The van der Waals surface area contributed by atoms with E-state index in [9.17, 15) is 18.0 Å². The third-order valence-corrected chi connectivity index (χ3v) is 5.42. The third-order valence-electron chi connectivity index (χ3n) is 3.60. The summed E-state index contributed by atoms with van der Waals surface area (Å²) < 4.78 is 32.4. The van der Waals surface area contributed by atoms with Crippen LogP contribution in [-0.4, -0.2) is 42.5 Å². The van der Waals surface area contributed by atoms with Crippen molar-refractivity contribution in [3.05, 3.63) is 28.7 Å². The molecule has 2 amide bonds. The molecule has 1 aromatic carbocycles. The van der Waals surface area contributed by atoms with Gasteiger partial charge in [0, 0.05) is 20.1 Å². The van der Waals surface area contributed by atoms with Gasteiger partial charge >= 0.3 is 11.8 Å². The number of amides is 2. The topological polar surface area (TPSA) is 128 Å². The van der Waals surface area contributed by atoms with Crippen molar-refractivity contribution in [1.82, 2.24) is 14.2 Å². The average Bonchev–Trinajstić information content (AvgIpc) is 2.68. The fourth-order valence-electron chi connectivity index (χ4n) is 2.34. The van der Waals surface area contributed by atoms with Crippen LogP contribution in [0.5, 0.6) is 0 Å². The first-order valence-corrected chi connectivity index (χ1v) is 7.89. The molecule has 3 rings (SSSR count). The zero-order chi connectivity index (χ0) is 16.1. The number of primary amides is 1. The highest BCUT2D eigenvalue weighted by atomic mass is 32.2. The number of fused-ring (bicyclic) bond motifs is 1. The monoisotopic (exact) mass is 326 g/mol. The minimum absolute atomic E-state index is 0.0638. The minimum Gasteiger partial charge on any atom is -0.408 e. The first-order valence-electron chi connectivity index (χ1n) is 6.45. The summed E-state index contributed by atoms with van der Waals surface area (Å²) in [7, 11) is -2.18. The van der Waals surface area contributed by atoms with Gasteiger partial charge in [-0.1, -0.05) is 0 Å². The highest BCUT2D eigenvalue weighted by Crippen LogP contribution is 2.24. The number of aromatic nitrogens is 1. The normalized spacial score (nSPS) is 16.6. The van der Waals surface area contributed by atoms with Gasteiger partial charge in [0.05, 0.1) is 16.5 Å². The van der Waals surface area contributed by atoms with Crippen LogP contribution >= 0.6 is 0 Å². The number of nitrogens with two attached hydrogens (primary N) is 1. The molecule has 1 fully saturated rings. The predicted molar refractivity (Wildman–Crippen MR) is 76.7 cm³/mol. The van der Waals surface area contributed by atoms with Crippen LogP contribution in [-0.2, 0) is 17.1 Å². The zero-order valence-corrected chi connectivity index (χ0v) is 12.5. The lowest BCUT2D eigenvalue weighted by Crippen LogP contribution is -2.61. The van der Waals surface area contributed by atoms with Crippen LogP contribution < -0.4 is 16.8 Å². The van der Waals surface area contributed by atoms with Gasteiger partial charge in [-0.05, 0) is 18.2 Å². The molecule has 22 heavy (non-hydrogen) atoms. The highest BCUT2D eigenvalue weighted by Gasteiger charge is 2.37. The van der Waals surface area contributed by atoms with Crippen LogP contribution in [0.4, 0.5) is 4.79 Å². The summed E-state index contributed by atoms with van der Waals surface area (Å²) in [5, 5.41) is 2.45. The van der Waals surface area contributed by atoms with E-state index in [1.165, 1.54) is 34.1 Å². The van der Waals surface area contributed by atoms with E-state index in [1.54, 1.807) is 0 Å². The lowest BCUT2D eigenvalue weighted by molar-refractivity contribution is 0.211. The van der Waals surface area contributed by atoms with Gasteiger partial charge in [0.1, 0.15) is 0 Å². The number of sulfonamides is 1. The Bertz CT molecular complexity index is 907. The quantitative estimate of drug-likeness (QED) is 0.761. The number of urea groups is 1. The van der Waals surface area contributed by atoms with E-state index in [-0.39, 0.29) is 24.0 Å². The number of carbonyl (C=O) groups excluding carboxylic acids is 1. The summed E-state index contributed by atoms with van der Waals surface area (Å²) in [5.41, 5.74) is 5.71. The fraction of sp³-hybridized carbons (Fsp3) is 0.333. The van der Waals surface area contributed by atoms with Crippen LogP contribution in [0.25, 0.3) is 11.1 Å². The van der Waals surface area contributed by atoms with Crippen LogP contribution in [0.2, 0.25) is 0 Å². The van der Waals surface area contributed by atoms with Crippen LogP contribution in [0, 0.1) is 0 Å². The molecule has 1 aromatic heterocycles. The number of hydrogen-bond acceptors (Lipinski definition) is 5. The van der Waals surface area contributed by atoms with E-state index in [0.717, 1.165) is 0 Å². The largest absolute Gasteiger partial charge is 0.419 e. The van der Waals surface area contributed by atoms with Crippen molar-refractivity contribution in [2.45, 2.75) is 10.9 Å². The Hall–Kier alpha value is -2.33. The zero-order valence-electron chi connectivity index (χ0n) is 11.6. The molecule has 0 unspecified atom stereocenters. The van der Waals surface area contributed by atoms with Gasteiger partial charge in [0.2, 0.25) is 10.0 Å². The van der Waals surface area contributed by atoms with E-state index >= 15 is 0 Å². The molecule has 118 valence electrons. The Labute approximate surface area is 125 Å². The van der Waals surface area contributed by atoms with Crippen LogP contribution in [0.3, 0.4) is 0 Å². The number of nitrogens with one attached hydrogen (secondary N) is 1. The third kappa shape index (κ3) is 2.25. The maximum Gasteiger partial charge on any atom is 0.419 e. The van der Waals surface area contributed by atoms with Gasteiger partial charge in [0.25, 0.3) is 0 Å². The number of hydrogen-bond donors (Lipinski definition) is 2. The molecule has 0 bridgehead atoms. The summed E-state index contributed by atoms with van der Waals surface area (Å²) in [5.74, 6) is -0.556. The maximum atomic E-state index is 12.5. The second-order valence-corrected chi connectivity index (χ2v) is 7.02. The van der Waals surface area contributed by atoms with Gasteiger partial charge in [-0.25, -0.2) is 18.0 Å². The van der Waals surface area contributed by atoms with Crippen molar-refractivity contribution in [3.63, 3.8) is 0 Å². The number of oxazole rings is 1. The number of carbonyl (C=O) groups is 1. The second kappa shape index (κ2) is 4.85. The van der Waals surface area contributed by atoms with Crippen molar-refractivity contribution >= 4 is 27.2 Å². The molecular formula is C12H14N4O5S. The minimum atomic E-state index is -3.69. The van der Waals surface area contributed by atoms with Crippen molar-refractivity contribution in [2.24, 2.45) is 12.8 Å². The van der Waals surface area contributed by atoms with Crippen LogP contribution in [0.1, 0.15) is 0 Å². The lowest BCUT2D eigenvalue weighted by Gasteiger charge is -2.37. The van der Waals surface area contributed by atoms with Gasteiger partial charge in [-0.15, -0.1) is 0 Å². The van der Waals surface area contributed by atoms with Crippen molar-refractivity contribution in [2.75, 3.05) is 13.1 Å². The van der Waals surface area contributed by atoms with Crippen molar-refractivity contribution < 1.29 is 17.6 Å². The maximum absolute atomic E-state index is 12.5. The molecule has 1 aliphatic heterocycles. The molecule has 10 heteroatoms. The SMILES string of the molecule is Cn1c(=O)oc2ccc(S(=O)(=O)N3CC(NC(N)=O)C3)cc21. The molecule has 0 aliphatic carbocycles. The summed E-state index contributed by atoms with van der Waals surface area (Å²) >= 11 is 0. The number of benzene rings is 1. The van der Waals surface area contributed by atoms with E-state index in [4.69, 9.17) is 10.2 Å². The average molecular weight is 326 g/mol. The number of rotatable bonds is 3. The molecular weight excluding hydrogens is 312 g/mol. The van der Waals surface area contributed by atoms with Gasteiger partial charge in [-0.2, -0.15) is 4.31 Å². The molecule has 2 aromatic rings. The van der Waals surface area contributed by atoms with E-state index in [0.29, 0.717) is 11.1 Å². The second-order valence-electron chi connectivity index (χ2n) is 5.08. The molecule has 9 nitrogen and oxygen atoms in total. The molecule has 3 N–H and O–H groups in total. The molecule has 0 radical (unpaired) electrons. The Balaban J connectivity index is 1.89. The predicted octanol–water partition coefficient (Wildman–Crippen LogP) is -0.827. The number of aryl methyl sites for hydroxylation is 1. The standard InChI is InChI=1S/C12H14N4O5S/c1-15-9-4-8(2-3-10(9)21-12(15)18)22(19,20)16-5-7(6-16)14-11(13)17/h2-4,7H,5-6H2,1H3,(H3,13,14,17). The summed E-state index contributed by atoms with van der Waals surface area (Å²) in [6.07, 6.45) is 0. The summed E-state index contributed by atoms with van der Waals surface area (Å²) in [6.45, 7) is 0.321. The van der Waals surface area contributed by atoms with Gasteiger partial charge < -0.3 is 15.5 Å². The highest BCUT2D eigenvalue weighted by molar-refractivity contribution is 7.89. The smallest absolute Gasteiger partial charge is 0.408 e. The molecule has 1 saturated heterocycles. The Kier molecular flexibility index (Phi) is 3.22. The van der Waals surface area contributed by atoms with Gasteiger partial charge in [0.15, 0.2) is 5.58 Å². The first kappa shape index (κ1) is 14.6. The fourth-order valence-corrected chi connectivity index (χ4v) is 3.89. The molecule has 0 saturated carbocycles. The lowest BCUT2D eigenvalue weighted by atomic mass is 10.2. The molecule has 2 heterocycles. The Morgan fingerprint density at radius 3 is 2.73 bits per heavy atom. The van der Waals surface area contributed by atoms with Crippen molar-refractivity contribution in [3.8, 4) is 0 Å². The van der Waals surface area contributed by atoms with Crippen LogP contribution in [0.15, 0.2) is 32.3 Å². The summed E-state index contributed by atoms with van der Waals surface area (Å²) in [4.78, 5) is 22.2. The van der Waals surface area contributed by atoms with Gasteiger partial charge in [-0.3, -0.25) is 4.57 Å². The Morgan fingerprint density at radius 1 is 1.41 bits per heavy atom.